The third kappa shape index (κ3) is 5.04. The second-order valence-electron chi connectivity index (χ2n) is 3.87. The largest absolute Gasteiger partial charge is 0.362 e. The van der Waals surface area contributed by atoms with E-state index in [1.54, 1.807) is 6.21 Å². The fourth-order valence-corrected chi connectivity index (χ4v) is 1.49. The van der Waals surface area contributed by atoms with Crippen molar-refractivity contribution in [3.63, 3.8) is 0 Å². The van der Waals surface area contributed by atoms with E-state index in [9.17, 15) is 0 Å². The number of hydrogen-bond acceptors (Lipinski definition) is 2. The number of benzene rings is 2. The van der Waals surface area contributed by atoms with Gasteiger partial charge in [-0.3, -0.25) is 4.99 Å². The van der Waals surface area contributed by atoms with Gasteiger partial charge >= 0.3 is 0 Å². The van der Waals surface area contributed by atoms with Crippen molar-refractivity contribution in [3.05, 3.63) is 85.1 Å². The summed E-state index contributed by atoms with van der Waals surface area (Å²) in [7, 11) is 0. The normalized spacial score (nSPS) is 11.6. The number of nitrogens with one attached hydrogen (secondary N) is 1. The molecule has 2 aromatic carbocycles. The predicted octanol–water partition coefficient (Wildman–Crippen LogP) is 4.57. The third-order valence-electron chi connectivity index (χ3n) is 2.41. The molecular weight excluding hydrogens is 232 g/mol. The highest BCUT2D eigenvalue weighted by Gasteiger charge is 1.82. The molecule has 2 aromatic rings. The van der Waals surface area contributed by atoms with Gasteiger partial charge in [0.2, 0.25) is 0 Å². The molecule has 0 aliphatic carbocycles. The zero-order valence-corrected chi connectivity index (χ0v) is 10.6. The molecule has 2 rings (SSSR count). The molecule has 0 saturated heterocycles. The van der Waals surface area contributed by atoms with Crippen LogP contribution in [-0.4, -0.2) is 6.21 Å². The van der Waals surface area contributed by atoms with E-state index in [0.717, 1.165) is 11.4 Å². The fourth-order valence-electron chi connectivity index (χ4n) is 1.49. The minimum Gasteiger partial charge on any atom is -0.362 e. The summed E-state index contributed by atoms with van der Waals surface area (Å²) in [5.41, 5.74) is 2.03. The standard InChI is InChI=1S/C17H16N2/c1-4-10-16(11-5-1)18-14-8-3-9-15-19-17-12-6-2-7-13-17/h1-15,18H/b9-3+,14-8-,19-15?. The maximum Gasteiger partial charge on any atom is 0.0629 e. The molecule has 19 heavy (non-hydrogen) atoms. The van der Waals surface area contributed by atoms with Crippen LogP contribution in [0.15, 0.2) is 90.1 Å². The highest BCUT2D eigenvalue weighted by Crippen LogP contribution is 2.08. The molecule has 0 aliphatic heterocycles. The highest BCUT2D eigenvalue weighted by molar-refractivity contribution is 5.74. The fraction of sp³-hybridized carbons (Fsp3) is 0. The summed E-state index contributed by atoms with van der Waals surface area (Å²) in [5, 5.41) is 3.18. The quantitative estimate of drug-likeness (QED) is 0.608. The SMILES string of the molecule is C(/C=C/C=C\Nc1ccccc1)=Nc1ccccc1. The molecule has 0 unspecified atom stereocenters. The van der Waals surface area contributed by atoms with Crippen LogP contribution < -0.4 is 5.32 Å². The Balaban J connectivity index is 1.76. The van der Waals surface area contributed by atoms with Gasteiger partial charge in [0.25, 0.3) is 0 Å². The zero-order valence-electron chi connectivity index (χ0n) is 10.6. The van der Waals surface area contributed by atoms with Crippen LogP contribution in [0.25, 0.3) is 0 Å². The average molecular weight is 248 g/mol. The van der Waals surface area contributed by atoms with Crippen LogP contribution >= 0.6 is 0 Å². The van der Waals surface area contributed by atoms with Crippen molar-refractivity contribution >= 4 is 17.6 Å². The lowest BCUT2D eigenvalue weighted by atomic mass is 10.3. The summed E-state index contributed by atoms with van der Waals surface area (Å²) in [6.07, 6.45) is 9.44. The molecule has 0 radical (unpaired) electrons. The van der Waals surface area contributed by atoms with Crippen LogP contribution in [-0.2, 0) is 0 Å². The monoisotopic (exact) mass is 248 g/mol. The minimum absolute atomic E-state index is 0.957. The number of nitrogens with zero attached hydrogens (tertiary/aromatic N) is 1. The van der Waals surface area contributed by atoms with E-state index in [0.29, 0.717) is 0 Å². The van der Waals surface area contributed by atoms with Gasteiger partial charge < -0.3 is 5.32 Å². The molecule has 0 heterocycles. The van der Waals surface area contributed by atoms with Crippen molar-refractivity contribution in [2.75, 3.05) is 5.32 Å². The molecule has 2 heteroatoms. The van der Waals surface area contributed by atoms with E-state index in [1.165, 1.54) is 0 Å². The molecule has 94 valence electrons. The van der Waals surface area contributed by atoms with Gasteiger partial charge in [-0.05, 0) is 36.4 Å². The first-order valence-corrected chi connectivity index (χ1v) is 6.18. The molecule has 2 nitrogen and oxygen atoms in total. The van der Waals surface area contributed by atoms with E-state index in [4.69, 9.17) is 0 Å². The van der Waals surface area contributed by atoms with Gasteiger partial charge in [-0.2, -0.15) is 0 Å². The van der Waals surface area contributed by atoms with E-state index in [2.05, 4.69) is 10.3 Å². The molecule has 0 bridgehead atoms. The summed E-state index contributed by atoms with van der Waals surface area (Å²) >= 11 is 0. The van der Waals surface area contributed by atoms with Gasteiger partial charge in [-0.25, -0.2) is 0 Å². The summed E-state index contributed by atoms with van der Waals surface area (Å²) in [6, 6.07) is 19.9. The average Bonchev–Trinajstić information content (AvgIpc) is 2.48. The molecule has 0 aliphatic rings. The van der Waals surface area contributed by atoms with Crippen LogP contribution in [0.3, 0.4) is 0 Å². The number of rotatable bonds is 5. The van der Waals surface area contributed by atoms with Crippen LogP contribution in [0.2, 0.25) is 0 Å². The maximum absolute atomic E-state index is 4.30. The molecule has 0 saturated carbocycles. The third-order valence-corrected chi connectivity index (χ3v) is 2.41. The zero-order chi connectivity index (χ0) is 13.2. The summed E-state index contributed by atoms with van der Waals surface area (Å²) < 4.78 is 0. The minimum atomic E-state index is 0.957. The number of hydrogen-bond donors (Lipinski definition) is 1. The lowest BCUT2D eigenvalue weighted by molar-refractivity contribution is 1.54. The van der Waals surface area contributed by atoms with E-state index in [-0.39, 0.29) is 0 Å². The van der Waals surface area contributed by atoms with Gasteiger partial charge in [-0.15, -0.1) is 0 Å². The van der Waals surface area contributed by atoms with Crippen LogP contribution in [0.4, 0.5) is 11.4 Å². The summed E-state index contributed by atoms with van der Waals surface area (Å²) in [4.78, 5) is 4.30. The number of anilines is 1. The van der Waals surface area contributed by atoms with E-state index in [1.807, 2.05) is 85.1 Å². The summed E-state index contributed by atoms with van der Waals surface area (Å²) in [5.74, 6) is 0. The van der Waals surface area contributed by atoms with Crippen molar-refractivity contribution in [1.29, 1.82) is 0 Å². The van der Waals surface area contributed by atoms with Crippen molar-refractivity contribution in [1.82, 2.24) is 0 Å². The van der Waals surface area contributed by atoms with Crippen molar-refractivity contribution in [2.45, 2.75) is 0 Å². The summed E-state index contributed by atoms with van der Waals surface area (Å²) in [6.45, 7) is 0. The van der Waals surface area contributed by atoms with Gasteiger partial charge in [0.15, 0.2) is 0 Å². The Hall–Kier alpha value is -2.61. The Morgan fingerprint density at radius 1 is 0.737 bits per heavy atom. The Labute approximate surface area is 113 Å². The Morgan fingerprint density at radius 2 is 1.42 bits per heavy atom. The van der Waals surface area contributed by atoms with Crippen molar-refractivity contribution in [3.8, 4) is 0 Å². The first-order valence-electron chi connectivity index (χ1n) is 6.18. The smallest absolute Gasteiger partial charge is 0.0629 e. The second kappa shape index (κ2) is 7.67. The van der Waals surface area contributed by atoms with Crippen LogP contribution in [0.5, 0.6) is 0 Å². The molecule has 1 N–H and O–H groups in total. The first kappa shape index (κ1) is 12.8. The van der Waals surface area contributed by atoms with Crippen molar-refractivity contribution in [2.24, 2.45) is 4.99 Å². The van der Waals surface area contributed by atoms with Gasteiger partial charge in [0.1, 0.15) is 0 Å². The Kier molecular flexibility index (Phi) is 5.18. The second-order valence-corrected chi connectivity index (χ2v) is 3.87. The molecular formula is C17H16N2. The predicted molar refractivity (Wildman–Crippen MR) is 82.9 cm³/mol. The lowest BCUT2D eigenvalue weighted by Gasteiger charge is -1.97. The number of allylic oxidation sites excluding steroid dienone is 3. The maximum atomic E-state index is 4.30. The van der Waals surface area contributed by atoms with E-state index >= 15 is 0 Å². The van der Waals surface area contributed by atoms with Gasteiger partial charge in [0, 0.05) is 18.1 Å². The first-order chi connectivity index (χ1) is 9.45. The highest BCUT2D eigenvalue weighted by atomic mass is 14.8. The van der Waals surface area contributed by atoms with E-state index < -0.39 is 0 Å². The molecule has 0 aromatic heterocycles. The number of para-hydroxylation sites is 2. The molecule has 0 amide bonds. The van der Waals surface area contributed by atoms with Crippen LogP contribution in [0.1, 0.15) is 0 Å². The topological polar surface area (TPSA) is 24.4 Å². The van der Waals surface area contributed by atoms with Crippen LogP contribution in [0, 0.1) is 0 Å². The Morgan fingerprint density at radius 3 is 2.16 bits per heavy atom. The molecule has 0 spiro atoms. The Bertz CT molecular complexity index is 554. The van der Waals surface area contributed by atoms with Gasteiger partial charge in [0.05, 0.1) is 5.69 Å². The number of aliphatic imine (C=N–C) groups is 1. The lowest BCUT2D eigenvalue weighted by Crippen LogP contribution is -1.84. The molecule has 0 fully saturated rings. The van der Waals surface area contributed by atoms with Gasteiger partial charge in [-0.1, -0.05) is 42.5 Å². The molecule has 0 atom stereocenters. The van der Waals surface area contributed by atoms with Crippen molar-refractivity contribution < 1.29 is 0 Å².